The molecule has 0 aromatic carbocycles. The Labute approximate surface area is 72.2 Å². The lowest BCUT2D eigenvalue weighted by atomic mass is 10.0. The zero-order valence-electron chi connectivity index (χ0n) is 7.46. The molecule has 0 aliphatic heterocycles. The lowest BCUT2D eigenvalue weighted by molar-refractivity contribution is -0.116. The third kappa shape index (κ3) is 3.26. The normalized spacial score (nSPS) is 11.5. The van der Waals surface area contributed by atoms with Crippen LogP contribution >= 0.6 is 0 Å². The van der Waals surface area contributed by atoms with E-state index < -0.39 is 6.04 Å². The predicted molar refractivity (Wildman–Crippen MR) is 46.6 cm³/mol. The van der Waals surface area contributed by atoms with Gasteiger partial charge in [0, 0.05) is 0 Å². The molecule has 12 heavy (non-hydrogen) atoms. The highest BCUT2D eigenvalue weighted by atomic mass is 16.1. The van der Waals surface area contributed by atoms with Gasteiger partial charge in [-0.25, -0.2) is 4.79 Å². The van der Waals surface area contributed by atoms with Gasteiger partial charge >= 0.3 is 0 Å². The highest BCUT2D eigenvalue weighted by Gasteiger charge is 2.16. The van der Waals surface area contributed by atoms with Crippen LogP contribution in [0.15, 0.2) is 17.1 Å². The molecule has 0 saturated heterocycles. The number of rotatable bonds is 5. The summed E-state index contributed by atoms with van der Waals surface area (Å²) in [5.41, 5.74) is 0.437. The van der Waals surface area contributed by atoms with E-state index in [-0.39, 0.29) is 5.78 Å². The Morgan fingerprint density at radius 2 is 2.25 bits per heavy atom. The maximum atomic E-state index is 11.3. The predicted octanol–water partition coefficient (Wildman–Crippen LogP) is 1.64. The molecular formula is C9H13NO2. The Bertz CT molecular complexity index is 227. The molecule has 0 saturated carbocycles. The minimum atomic E-state index is -0.565. The van der Waals surface area contributed by atoms with Crippen molar-refractivity contribution in [3.8, 4) is 0 Å². The molecule has 0 aliphatic rings. The van der Waals surface area contributed by atoms with Crippen LogP contribution in [0, 0.1) is 0 Å². The smallest absolute Gasteiger partial charge is 0.235 e. The van der Waals surface area contributed by atoms with E-state index in [0.29, 0.717) is 12.0 Å². The molecule has 0 rings (SSSR count). The van der Waals surface area contributed by atoms with Crippen molar-refractivity contribution in [1.29, 1.82) is 0 Å². The van der Waals surface area contributed by atoms with E-state index in [1.54, 1.807) is 6.92 Å². The first-order valence-corrected chi connectivity index (χ1v) is 3.90. The first kappa shape index (κ1) is 10.8. The van der Waals surface area contributed by atoms with Crippen LogP contribution in [0.2, 0.25) is 0 Å². The van der Waals surface area contributed by atoms with Crippen LogP contribution in [0.25, 0.3) is 0 Å². The first-order chi connectivity index (χ1) is 5.63. The zero-order valence-corrected chi connectivity index (χ0v) is 7.46. The molecule has 66 valence electrons. The van der Waals surface area contributed by atoms with E-state index in [2.05, 4.69) is 11.6 Å². The van der Waals surface area contributed by atoms with Gasteiger partial charge in [-0.2, -0.15) is 4.99 Å². The maximum absolute atomic E-state index is 11.3. The van der Waals surface area contributed by atoms with Gasteiger partial charge in [0.1, 0.15) is 6.04 Å². The third-order valence-corrected chi connectivity index (χ3v) is 1.49. The van der Waals surface area contributed by atoms with Crippen LogP contribution in [-0.4, -0.2) is 17.9 Å². The summed E-state index contributed by atoms with van der Waals surface area (Å²) in [5, 5.41) is 0. The first-order valence-electron chi connectivity index (χ1n) is 3.90. The lowest BCUT2D eigenvalue weighted by Gasteiger charge is -2.06. The largest absolute Gasteiger partial charge is 0.292 e. The molecule has 0 aromatic heterocycles. The molecule has 0 aliphatic carbocycles. The standard InChI is InChI=1S/C9H13NO2/c1-4-5-8(10-6-11)9(12)7(2)3/h8H,2,4-5H2,1,3H3. The SMILES string of the molecule is C=C(C)C(=O)C(CCC)N=C=O. The summed E-state index contributed by atoms with van der Waals surface area (Å²) >= 11 is 0. The fourth-order valence-electron chi connectivity index (χ4n) is 0.876. The van der Waals surface area contributed by atoms with Gasteiger partial charge in [0.25, 0.3) is 0 Å². The van der Waals surface area contributed by atoms with Crippen molar-refractivity contribution in [2.45, 2.75) is 32.7 Å². The number of ketones is 1. The Morgan fingerprint density at radius 1 is 1.67 bits per heavy atom. The average molecular weight is 167 g/mol. The monoisotopic (exact) mass is 167 g/mol. The summed E-state index contributed by atoms with van der Waals surface area (Å²) < 4.78 is 0. The molecule has 0 spiro atoms. The van der Waals surface area contributed by atoms with Crippen LogP contribution in [0.5, 0.6) is 0 Å². The van der Waals surface area contributed by atoms with E-state index >= 15 is 0 Å². The average Bonchev–Trinajstić information content (AvgIpc) is 2.03. The molecule has 3 heteroatoms. The van der Waals surface area contributed by atoms with Crippen LogP contribution in [0.3, 0.4) is 0 Å². The fraction of sp³-hybridized carbons (Fsp3) is 0.556. The molecular weight excluding hydrogens is 154 g/mol. The second-order valence-corrected chi connectivity index (χ2v) is 2.67. The van der Waals surface area contributed by atoms with Crippen molar-refractivity contribution in [2.24, 2.45) is 4.99 Å². The van der Waals surface area contributed by atoms with Gasteiger partial charge in [-0.1, -0.05) is 19.9 Å². The molecule has 0 heterocycles. The third-order valence-electron chi connectivity index (χ3n) is 1.49. The Kier molecular flexibility index (Phi) is 4.89. The Hall–Kier alpha value is -1.21. The summed E-state index contributed by atoms with van der Waals surface area (Å²) in [6.45, 7) is 7.05. The van der Waals surface area contributed by atoms with Gasteiger partial charge < -0.3 is 0 Å². The highest BCUT2D eigenvalue weighted by Crippen LogP contribution is 2.07. The van der Waals surface area contributed by atoms with Gasteiger partial charge in [-0.15, -0.1) is 0 Å². The zero-order chi connectivity index (χ0) is 9.56. The van der Waals surface area contributed by atoms with E-state index in [4.69, 9.17) is 0 Å². The van der Waals surface area contributed by atoms with Crippen LogP contribution in [0.4, 0.5) is 0 Å². The van der Waals surface area contributed by atoms with Crippen molar-refractivity contribution >= 4 is 11.9 Å². The highest BCUT2D eigenvalue weighted by molar-refractivity contribution is 5.98. The van der Waals surface area contributed by atoms with Crippen LogP contribution in [-0.2, 0) is 9.59 Å². The number of carbonyl (C=O) groups excluding carboxylic acids is 2. The quantitative estimate of drug-likeness (QED) is 0.355. The molecule has 0 amide bonds. The number of hydrogen-bond acceptors (Lipinski definition) is 3. The number of aliphatic imine (C=N–C) groups is 1. The molecule has 3 nitrogen and oxygen atoms in total. The number of nitrogens with zero attached hydrogens (tertiary/aromatic N) is 1. The number of isocyanates is 1. The number of hydrogen-bond donors (Lipinski definition) is 0. The van der Waals surface area contributed by atoms with E-state index in [1.165, 1.54) is 6.08 Å². The van der Waals surface area contributed by atoms with Crippen molar-refractivity contribution in [3.05, 3.63) is 12.2 Å². The molecule has 0 aromatic rings. The number of Topliss-reactive ketones (excluding diaryl/α,β-unsaturated/α-hetero) is 1. The van der Waals surface area contributed by atoms with Gasteiger partial charge in [0.2, 0.25) is 6.08 Å². The van der Waals surface area contributed by atoms with Gasteiger partial charge in [0.15, 0.2) is 5.78 Å². The second-order valence-electron chi connectivity index (χ2n) is 2.67. The van der Waals surface area contributed by atoms with Crippen molar-refractivity contribution < 1.29 is 9.59 Å². The van der Waals surface area contributed by atoms with Gasteiger partial charge in [-0.3, -0.25) is 4.79 Å². The van der Waals surface area contributed by atoms with E-state index in [0.717, 1.165) is 6.42 Å². The van der Waals surface area contributed by atoms with Crippen LogP contribution in [0.1, 0.15) is 26.7 Å². The molecule has 0 bridgehead atoms. The molecule has 1 atom stereocenters. The summed E-state index contributed by atoms with van der Waals surface area (Å²) in [6.07, 6.45) is 2.80. The van der Waals surface area contributed by atoms with Crippen LogP contribution < -0.4 is 0 Å². The summed E-state index contributed by atoms with van der Waals surface area (Å²) in [5.74, 6) is -0.166. The summed E-state index contributed by atoms with van der Waals surface area (Å²) in [6, 6.07) is -0.565. The summed E-state index contributed by atoms with van der Waals surface area (Å²) in [7, 11) is 0. The topological polar surface area (TPSA) is 46.5 Å². The molecule has 0 fully saturated rings. The minimum Gasteiger partial charge on any atom is -0.292 e. The molecule has 0 radical (unpaired) electrons. The minimum absolute atomic E-state index is 0.166. The van der Waals surface area contributed by atoms with Crippen molar-refractivity contribution in [3.63, 3.8) is 0 Å². The Morgan fingerprint density at radius 3 is 2.58 bits per heavy atom. The van der Waals surface area contributed by atoms with Gasteiger partial charge in [0.05, 0.1) is 0 Å². The number of carbonyl (C=O) groups is 1. The van der Waals surface area contributed by atoms with Crippen molar-refractivity contribution in [1.82, 2.24) is 0 Å². The molecule has 1 unspecified atom stereocenters. The second kappa shape index (κ2) is 5.44. The Balaban J connectivity index is 4.39. The van der Waals surface area contributed by atoms with E-state index in [9.17, 15) is 9.59 Å². The van der Waals surface area contributed by atoms with Crippen molar-refractivity contribution in [2.75, 3.05) is 0 Å². The van der Waals surface area contributed by atoms with Gasteiger partial charge in [-0.05, 0) is 18.9 Å². The lowest BCUT2D eigenvalue weighted by Crippen LogP contribution is -2.18. The molecule has 0 N–H and O–H groups in total. The van der Waals surface area contributed by atoms with E-state index in [1.807, 2.05) is 6.92 Å². The fourth-order valence-corrected chi connectivity index (χ4v) is 0.876. The maximum Gasteiger partial charge on any atom is 0.235 e. The summed E-state index contributed by atoms with van der Waals surface area (Å²) in [4.78, 5) is 24.6.